The minimum absolute atomic E-state index is 0.142. The number of nitrogens with zero attached hydrogens (tertiary/aromatic N) is 10. The summed E-state index contributed by atoms with van der Waals surface area (Å²) in [5.41, 5.74) is 11.1. The number of amides is 3. The maximum absolute atomic E-state index is 15.6. The van der Waals surface area contributed by atoms with E-state index in [9.17, 15) is 14.3 Å². The van der Waals surface area contributed by atoms with Gasteiger partial charge in [0.15, 0.2) is 0 Å². The maximum Gasteiger partial charge on any atom is 0.326 e. The molecule has 460 valence electrons. The van der Waals surface area contributed by atoms with E-state index >= 15 is 4.79 Å². The molecule has 10 rings (SSSR count). The van der Waals surface area contributed by atoms with Gasteiger partial charge in [-0.1, -0.05) is 80.4 Å². The van der Waals surface area contributed by atoms with Crippen molar-refractivity contribution < 1.29 is 33.3 Å². The first-order chi connectivity index (χ1) is 41.0. The van der Waals surface area contributed by atoms with Crippen molar-refractivity contribution >= 4 is 52.8 Å². The molecule has 20 heteroatoms. The van der Waals surface area contributed by atoms with E-state index in [0.717, 1.165) is 52.8 Å². The number of likely N-dealkylation sites (N-methyl/N-ethyl adjacent to an activating group) is 1. The highest BCUT2D eigenvalue weighted by molar-refractivity contribution is 6.31. The highest BCUT2D eigenvalue weighted by Gasteiger charge is 2.60. The summed E-state index contributed by atoms with van der Waals surface area (Å²) in [6.45, 7) is 21.7. The monoisotopic (exact) mass is 1220 g/mol. The van der Waals surface area contributed by atoms with Gasteiger partial charge >= 0.3 is 6.03 Å². The lowest BCUT2D eigenvalue weighted by Gasteiger charge is -2.47. The quantitative estimate of drug-likeness (QED) is 0.0633. The molecule has 0 aliphatic carbocycles. The number of allylic oxidation sites excluding steroid dienone is 1. The Labute approximate surface area is 516 Å². The first-order valence-electron chi connectivity index (χ1n) is 30.2. The van der Waals surface area contributed by atoms with Crippen LogP contribution in [0.1, 0.15) is 123 Å². The highest BCUT2D eigenvalue weighted by atomic mass is 35.5. The van der Waals surface area contributed by atoms with Crippen LogP contribution in [0.5, 0.6) is 5.75 Å². The van der Waals surface area contributed by atoms with Crippen molar-refractivity contribution in [3.63, 3.8) is 0 Å². The second-order valence-electron chi connectivity index (χ2n) is 25.0. The number of urea groups is 1. The molecule has 3 N–H and O–H groups in total. The van der Waals surface area contributed by atoms with Gasteiger partial charge < -0.3 is 34.9 Å². The first kappa shape index (κ1) is 63.0. The number of halogens is 3. The lowest BCUT2D eigenvalue weighted by atomic mass is 9.71. The number of aliphatic hydroxyl groups is 1. The number of aliphatic hydroxyl groups excluding tert-OH is 1. The standard InChI is InChI=1S/C66H84Cl2FN11O6/c1-10-86-57-38-47(63(2,3)4)17-23-52(57)59-72-65(6,45-13-18-48(67)19-14-45)66(7,46-15-20-49(68)21-16-46)80(59)62(83)77-30-28-76(29-31-77)33-35-85-37-36-84-34-25-58(81)74(8)27-32-78-42-54-44-40-64(5,61(70)71-41-44)79-26-11-12-56(79)53-39-50(69)22-24-51(53)60(82)75(9)43-55(54)73-78/h13-24,38-42,56,58,61,81H,10-12,25-37,43,70H2,1-9H3/t56-,58?,61?,64?,65+,66-/m1/s1. The molecule has 5 aliphatic rings. The van der Waals surface area contributed by atoms with Gasteiger partial charge in [0.05, 0.1) is 62.9 Å². The lowest BCUT2D eigenvalue weighted by Crippen LogP contribution is -2.60. The van der Waals surface area contributed by atoms with Crippen molar-refractivity contribution in [3.8, 4) is 5.75 Å². The van der Waals surface area contributed by atoms with Crippen molar-refractivity contribution in [2.75, 3.05) is 92.9 Å². The van der Waals surface area contributed by atoms with Gasteiger partial charge in [0, 0.05) is 97.9 Å². The van der Waals surface area contributed by atoms with Crippen molar-refractivity contribution in [3.05, 3.63) is 158 Å². The summed E-state index contributed by atoms with van der Waals surface area (Å²) in [5.74, 6) is 0.609. The number of carbonyl (C=O) groups excluding carboxylic acids is 2. The Hall–Kier alpha value is -6.06. The van der Waals surface area contributed by atoms with Crippen molar-refractivity contribution in [1.82, 2.24) is 39.2 Å². The van der Waals surface area contributed by atoms with Gasteiger partial charge in [0.25, 0.3) is 5.91 Å². The van der Waals surface area contributed by atoms with E-state index in [2.05, 4.69) is 69.6 Å². The molecule has 4 aromatic carbocycles. The molecule has 6 atom stereocenters. The van der Waals surface area contributed by atoms with E-state index < -0.39 is 29.0 Å². The molecule has 2 fully saturated rings. The summed E-state index contributed by atoms with van der Waals surface area (Å²) in [4.78, 5) is 52.0. The zero-order chi connectivity index (χ0) is 61.3. The predicted molar refractivity (Wildman–Crippen MR) is 337 cm³/mol. The fourth-order valence-corrected chi connectivity index (χ4v) is 13.2. The van der Waals surface area contributed by atoms with Crippen LogP contribution in [0.4, 0.5) is 9.18 Å². The number of rotatable bonds is 18. The number of carbonyl (C=O) groups is 2. The summed E-state index contributed by atoms with van der Waals surface area (Å²) >= 11 is 13.0. The van der Waals surface area contributed by atoms with Gasteiger partial charge in [-0.25, -0.2) is 9.18 Å². The molecule has 3 amide bonds. The predicted octanol–water partition coefficient (Wildman–Crippen LogP) is 9.96. The summed E-state index contributed by atoms with van der Waals surface area (Å²) < 4.78 is 35.1. The third-order valence-corrected chi connectivity index (χ3v) is 18.9. The number of amidine groups is 1. The summed E-state index contributed by atoms with van der Waals surface area (Å²) in [6.07, 6.45) is 6.66. The molecule has 1 aromatic heterocycles. The number of piperazine rings is 1. The Balaban J connectivity index is 0.718. The number of benzene rings is 4. The van der Waals surface area contributed by atoms with E-state index in [0.29, 0.717) is 124 Å². The van der Waals surface area contributed by atoms with Crippen LogP contribution >= 0.6 is 23.2 Å². The average molecular weight is 1220 g/mol. The fraction of sp³-hybridized carbons (Fsp3) is 0.500. The Morgan fingerprint density at radius 2 is 1.55 bits per heavy atom. The Morgan fingerprint density at radius 1 is 0.872 bits per heavy atom. The minimum Gasteiger partial charge on any atom is -0.493 e. The molecule has 5 aliphatic heterocycles. The number of aliphatic imine (C=N–C) groups is 2. The number of hydrogen-bond donors (Lipinski definition) is 2. The second kappa shape index (κ2) is 25.9. The zero-order valence-corrected chi connectivity index (χ0v) is 52.8. The van der Waals surface area contributed by atoms with Crippen LogP contribution in [0.2, 0.25) is 10.0 Å². The molecule has 6 heterocycles. The molecule has 2 saturated heterocycles. The SMILES string of the molecule is CCOc1cc(C(C)(C)C)ccc1C1=N[C@@](C)(c2ccc(Cl)cc2)[C@@](C)(c2ccc(Cl)cc2)N1C(=O)N1CCN(CCOCCOCCC(O)N(C)CCn2cc3c(n2)CN(C)C(=O)c2ccc(F)cc2[C@H]2CCCN2C2(C)C=C3C=NC2N)CC1. The van der Waals surface area contributed by atoms with Gasteiger partial charge in [-0.15, -0.1) is 0 Å². The lowest BCUT2D eigenvalue weighted by molar-refractivity contribution is -0.0201. The molecule has 5 aromatic rings. The van der Waals surface area contributed by atoms with E-state index in [1.165, 1.54) is 12.1 Å². The topological polar surface area (TPSA) is 170 Å². The first-order valence-corrected chi connectivity index (χ1v) is 30.9. The van der Waals surface area contributed by atoms with Crippen molar-refractivity contribution in [1.29, 1.82) is 0 Å². The van der Waals surface area contributed by atoms with E-state index in [4.69, 9.17) is 58.2 Å². The molecule has 3 unspecified atom stereocenters. The van der Waals surface area contributed by atoms with E-state index in [1.54, 1.807) is 24.2 Å². The number of fused-ring (bicyclic) bond motifs is 7. The van der Waals surface area contributed by atoms with Crippen LogP contribution in [0, 0.1) is 5.82 Å². The van der Waals surface area contributed by atoms with Crippen LogP contribution in [0.15, 0.2) is 107 Å². The van der Waals surface area contributed by atoms with Gasteiger partial charge in [-0.05, 0) is 136 Å². The molecule has 0 radical (unpaired) electrons. The number of ether oxygens (including phenoxy) is 3. The molecule has 17 nitrogen and oxygen atoms in total. The second-order valence-corrected chi connectivity index (χ2v) is 25.8. The van der Waals surface area contributed by atoms with Crippen LogP contribution in [0.3, 0.4) is 0 Å². The molecule has 2 bridgehead atoms. The van der Waals surface area contributed by atoms with Crippen LogP contribution in [-0.2, 0) is 39.1 Å². The third-order valence-electron chi connectivity index (χ3n) is 18.4. The fourth-order valence-electron chi connectivity index (χ4n) is 12.9. The number of hydrogen-bond acceptors (Lipinski definition) is 13. The van der Waals surface area contributed by atoms with Crippen LogP contribution in [-0.4, -0.2) is 179 Å². The minimum atomic E-state index is -1.03. The summed E-state index contributed by atoms with van der Waals surface area (Å²) in [6, 6.07) is 25.8. The number of nitrogens with two attached hydrogens (primary N) is 1. The summed E-state index contributed by atoms with van der Waals surface area (Å²) in [5, 5.41) is 17.4. The van der Waals surface area contributed by atoms with Gasteiger partial charge in [-0.2, -0.15) is 5.10 Å². The molecule has 0 spiro atoms. The molecular weight excluding hydrogens is 1130 g/mol. The van der Waals surface area contributed by atoms with Gasteiger partial charge in [0.1, 0.15) is 40.9 Å². The number of dihydropyridines is 1. The Bertz CT molecular complexity index is 3350. The zero-order valence-electron chi connectivity index (χ0n) is 51.2. The Morgan fingerprint density at radius 3 is 2.23 bits per heavy atom. The maximum atomic E-state index is 15.6. The smallest absolute Gasteiger partial charge is 0.326 e. The highest BCUT2D eigenvalue weighted by Crippen LogP contribution is 2.54. The Kier molecular flexibility index (Phi) is 19.0. The average Bonchev–Trinajstić information content (AvgIpc) is 1.53. The van der Waals surface area contributed by atoms with Crippen LogP contribution < -0.4 is 10.5 Å². The summed E-state index contributed by atoms with van der Waals surface area (Å²) in [7, 11) is 3.62. The molecular formula is C66H84Cl2FN11O6. The van der Waals surface area contributed by atoms with Crippen LogP contribution in [0.25, 0.3) is 5.57 Å². The van der Waals surface area contributed by atoms with Crippen molar-refractivity contribution in [2.24, 2.45) is 15.7 Å². The largest absolute Gasteiger partial charge is 0.493 e. The van der Waals surface area contributed by atoms with Gasteiger partial charge in [0.2, 0.25) is 0 Å². The number of aromatic nitrogens is 2. The molecule has 0 saturated carbocycles. The third kappa shape index (κ3) is 12.7. The molecule has 86 heavy (non-hydrogen) atoms. The normalized spacial score (nSPS) is 24.0. The van der Waals surface area contributed by atoms with E-state index in [-0.39, 0.29) is 35.8 Å². The van der Waals surface area contributed by atoms with E-state index in [1.807, 2.05) is 94.1 Å². The van der Waals surface area contributed by atoms with Gasteiger partial charge in [-0.3, -0.25) is 39.1 Å². The van der Waals surface area contributed by atoms with Crippen molar-refractivity contribution in [2.45, 2.75) is 121 Å².